The Kier molecular flexibility index (Phi) is 2.89. The van der Waals surface area contributed by atoms with Crippen LogP contribution in [0.5, 0.6) is 0 Å². The second-order valence-corrected chi connectivity index (χ2v) is 4.20. The van der Waals surface area contributed by atoms with Crippen molar-refractivity contribution in [2.24, 2.45) is 0 Å². The molecule has 0 atom stereocenters. The second-order valence-electron chi connectivity index (χ2n) is 4.20. The minimum atomic E-state index is 1.18. The second kappa shape index (κ2) is 4.84. The number of hydrogen-bond donors (Lipinski definition) is 0. The molecule has 0 spiro atoms. The normalized spacial score (nSPS) is 10.2. The molecule has 18 heavy (non-hydrogen) atoms. The van der Waals surface area contributed by atoms with Gasteiger partial charge in [-0.3, -0.25) is 0 Å². The third-order valence-corrected chi connectivity index (χ3v) is 2.96. The van der Waals surface area contributed by atoms with Gasteiger partial charge in [-0.05, 0) is 11.6 Å². The Morgan fingerprint density at radius 2 is 1.17 bits per heavy atom. The molecule has 0 amide bonds. The van der Waals surface area contributed by atoms with Crippen molar-refractivity contribution in [1.82, 2.24) is 0 Å². The lowest BCUT2D eigenvalue weighted by molar-refractivity contribution is -0.595. The Morgan fingerprint density at radius 1 is 0.556 bits per heavy atom. The molecule has 86 valence electrons. The third-order valence-electron chi connectivity index (χ3n) is 2.96. The van der Waals surface area contributed by atoms with Crippen molar-refractivity contribution in [1.29, 1.82) is 0 Å². The van der Waals surface area contributed by atoms with Gasteiger partial charge < -0.3 is 0 Å². The van der Waals surface area contributed by atoms with Gasteiger partial charge in [0, 0.05) is 23.8 Å². The van der Waals surface area contributed by atoms with Crippen LogP contribution >= 0.6 is 0 Å². The maximum absolute atomic E-state index is 2.16. The average Bonchev–Trinajstić information content (AvgIpc) is 2.49. The zero-order chi connectivity index (χ0) is 12.2. The number of para-hydroxylation sites is 1. The summed E-state index contributed by atoms with van der Waals surface area (Å²) in [6.07, 6.45) is 4.23. The van der Waals surface area contributed by atoms with Crippen molar-refractivity contribution in [2.75, 3.05) is 0 Å². The van der Waals surface area contributed by atoms with Crippen molar-refractivity contribution in [3.63, 3.8) is 0 Å². The summed E-state index contributed by atoms with van der Waals surface area (Å²) in [7, 11) is 0. The van der Waals surface area contributed by atoms with E-state index in [4.69, 9.17) is 0 Å². The van der Waals surface area contributed by atoms with E-state index in [-0.39, 0.29) is 0 Å². The molecule has 0 saturated carbocycles. The van der Waals surface area contributed by atoms with E-state index >= 15 is 0 Å². The molecule has 3 aromatic rings. The van der Waals surface area contributed by atoms with E-state index in [1.54, 1.807) is 0 Å². The summed E-state index contributed by atoms with van der Waals surface area (Å²) >= 11 is 0. The number of hydrogen-bond acceptors (Lipinski definition) is 0. The fraction of sp³-hybridized carbons (Fsp3) is 0. The molecule has 2 aromatic carbocycles. The van der Waals surface area contributed by atoms with Crippen LogP contribution in [0, 0.1) is 0 Å². The van der Waals surface area contributed by atoms with Crippen LogP contribution in [-0.2, 0) is 0 Å². The minimum absolute atomic E-state index is 1.18. The summed E-state index contributed by atoms with van der Waals surface area (Å²) in [5, 5.41) is 0. The fourth-order valence-electron chi connectivity index (χ4n) is 2.04. The Labute approximate surface area is 107 Å². The summed E-state index contributed by atoms with van der Waals surface area (Å²) in [5.41, 5.74) is 3.64. The highest BCUT2D eigenvalue weighted by Crippen LogP contribution is 2.16. The van der Waals surface area contributed by atoms with Gasteiger partial charge in [0.25, 0.3) is 0 Å². The molecule has 0 unspecified atom stereocenters. The van der Waals surface area contributed by atoms with E-state index in [2.05, 4.69) is 77.6 Å². The highest BCUT2D eigenvalue weighted by atomic mass is 14.9. The Hall–Kier alpha value is -2.41. The number of nitrogens with zero attached hydrogens (tertiary/aromatic N) is 1. The molecule has 1 aromatic heterocycles. The molecule has 0 N–H and O–H groups in total. The highest BCUT2D eigenvalue weighted by Gasteiger charge is 2.06. The quantitative estimate of drug-likeness (QED) is 0.594. The highest BCUT2D eigenvalue weighted by molar-refractivity contribution is 5.61. The first-order valence-electron chi connectivity index (χ1n) is 6.06. The largest absolute Gasteiger partial charge is 0.210 e. The van der Waals surface area contributed by atoms with E-state index in [1.165, 1.54) is 16.8 Å². The van der Waals surface area contributed by atoms with Gasteiger partial charge in [0.05, 0.1) is 0 Å². The first-order valence-corrected chi connectivity index (χ1v) is 6.06. The smallest absolute Gasteiger partial charge is 0.167 e. The molecule has 0 aliphatic heterocycles. The average molecular weight is 232 g/mol. The first-order chi connectivity index (χ1) is 8.93. The maximum atomic E-state index is 2.16. The van der Waals surface area contributed by atoms with Crippen molar-refractivity contribution >= 4 is 0 Å². The van der Waals surface area contributed by atoms with Gasteiger partial charge >= 0.3 is 0 Å². The molecule has 0 fully saturated rings. The van der Waals surface area contributed by atoms with E-state index in [0.717, 1.165) is 0 Å². The molecular formula is C17H14N+. The standard InChI is InChI=1S/C17H14N/c1-3-8-15(9-4-1)16-10-7-13-18(14-16)17-11-5-2-6-12-17/h1-14H/q+1. The van der Waals surface area contributed by atoms with Crippen molar-refractivity contribution < 1.29 is 4.57 Å². The minimum Gasteiger partial charge on any atom is -0.167 e. The van der Waals surface area contributed by atoms with Gasteiger partial charge in [0.15, 0.2) is 12.4 Å². The molecule has 0 radical (unpaired) electrons. The summed E-state index contributed by atoms with van der Waals surface area (Å²) in [6, 6.07) is 25.0. The van der Waals surface area contributed by atoms with Crippen molar-refractivity contribution in [3.05, 3.63) is 85.2 Å². The lowest BCUT2D eigenvalue weighted by Crippen LogP contribution is -2.29. The Bertz CT molecular complexity index is 575. The van der Waals surface area contributed by atoms with Crippen LogP contribution in [0.3, 0.4) is 0 Å². The van der Waals surface area contributed by atoms with Gasteiger partial charge in [-0.2, -0.15) is 4.57 Å². The van der Waals surface area contributed by atoms with Crippen LogP contribution < -0.4 is 4.57 Å². The summed E-state index contributed by atoms with van der Waals surface area (Å²) in [5.74, 6) is 0. The summed E-state index contributed by atoms with van der Waals surface area (Å²) in [4.78, 5) is 0. The summed E-state index contributed by atoms with van der Waals surface area (Å²) in [6.45, 7) is 0. The SMILES string of the molecule is c1ccc(-c2ccc[n+](-c3ccccc3)c2)cc1. The van der Waals surface area contributed by atoms with Crippen LogP contribution in [0.25, 0.3) is 16.8 Å². The fourth-order valence-corrected chi connectivity index (χ4v) is 2.04. The molecular weight excluding hydrogens is 218 g/mol. The van der Waals surface area contributed by atoms with Gasteiger partial charge in [0.2, 0.25) is 5.69 Å². The van der Waals surface area contributed by atoms with Crippen LogP contribution in [-0.4, -0.2) is 0 Å². The van der Waals surface area contributed by atoms with Crippen molar-refractivity contribution in [2.45, 2.75) is 0 Å². The number of rotatable bonds is 2. The number of pyridine rings is 1. The maximum Gasteiger partial charge on any atom is 0.210 e. The zero-order valence-electron chi connectivity index (χ0n) is 10.0. The molecule has 1 heteroatoms. The number of benzene rings is 2. The van der Waals surface area contributed by atoms with Gasteiger partial charge in [-0.15, -0.1) is 0 Å². The molecule has 0 aliphatic rings. The van der Waals surface area contributed by atoms with Crippen LogP contribution in [0.15, 0.2) is 85.2 Å². The lowest BCUT2D eigenvalue weighted by Gasteiger charge is -2.00. The van der Waals surface area contributed by atoms with Crippen LogP contribution in [0.1, 0.15) is 0 Å². The van der Waals surface area contributed by atoms with E-state index in [0.29, 0.717) is 0 Å². The molecule has 1 heterocycles. The predicted molar refractivity (Wildman–Crippen MR) is 73.4 cm³/mol. The van der Waals surface area contributed by atoms with Crippen LogP contribution in [0.4, 0.5) is 0 Å². The molecule has 1 nitrogen and oxygen atoms in total. The predicted octanol–water partition coefficient (Wildman–Crippen LogP) is 3.63. The zero-order valence-corrected chi connectivity index (χ0v) is 10.0. The Morgan fingerprint density at radius 3 is 1.89 bits per heavy atom. The van der Waals surface area contributed by atoms with E-state index in [1.807, 2.05) is 12.1 Å². The number of aromatic nitrogens is 1. The molecule has 0 aliphatic carbocycles. The van der Waals surface area contributed by atoms with Crippen LogP contribution in [0.2, 0.25) is 0 Å². The van der Waals surface area contributed by atoms with Gasteiger partial charge in [-0.1, -0.05) is 48.5 Å². The van der Waals surface area contributed by atoms with E-state index < -0.39 is 0 Å². The summed E-state index contributed by atoms with van der Waals surface area (Å²) < 4.78 is 2.14. The van der Waals surface area contributed by atoms with E-state index in [9.17, 15) is 0 Å². The molecule has 0 saturated heterocycles. The molecule has 3 rings (SSSR count). The first kappa shape index (κ1) is 10.7. The van der Waals surface area contributed by atoms with Gasteiger partial charge in [-0.25, -0.2) is 0 Å². The topological polar surface area (TPSA) is 3.88 Å². The molecule has 0 bridgehead atoms. The Balaban J connectivity index is 2.05. The van der Waals surface area contributed by atoms with Gasteiger partial charge in [0.1, 0.15) is 0 Å². The van der Waals surface area contributed by atoms with Crippen molar-refractivity contribution in [3.8, 4) is 16.8 Å². The monoisotopic (exact) mass is 232 g/mol. The lowest BCUT2D eigenvalue weighted by atomic mass is 10.1. The third kappa shape index (κ3) is 2.16.